The van der Waals surface area contributed by atoms with Crippen LogP contribution in [0.3, 0.4) is 0 Å². The van der Waals surface area contributed by atoms with Crippen molar-refractivity contribution in [3.05, 3.63) is 101 Å². The van der Waals surface area contributed by atoms with E-state index in [1.54, 1.807) is 37.4 Å². The predicted octanol–water partition coefficient (Wildman–Crippen LogP) is 3.04. The Hall–Kier alpha value is -3.99. The molecular formula is C34H35B2NO8. The van der Waals surface area contributed by atoms with Gasteiger partial charge in [-0.15, -0.1) is 0 Å². The number of amides is 2. The van der Waals surface area contributed by atoms with E-state index >= 15 is 0 Å². The summed E-state index contributed by atoms with van der Waals surface area (Å²) in [5.74, 6) is -2.28. The van der Waals surface area contributed by atoms with Crippen molar-refractivity contribution in [2.75, 3.05) is 18.6 Å². The largest absolute Gasteiger partial charge is 0.508 e. The van der Waals surface area contributed by atoms with E-state index in [2.05, 4.69) is 0 Å². The number of nitrogens with zero attached hydrogens (tertiary/aromatic N) is 1. The van der Waals surface area contributed by atoms with Crippen molar-refractivity contribution in [2.24, 2.45) is 17.8 Å². The van der Waals surface area contributed by atoms with Crippen LogP contribution in [-0.2, 0) is 19.0 Å². The first-order valence-corrected chi connectivity index (χ1v) is 15.2. The van der Waals surface area contributed by atoms with Gasteiger partial charge in [-0.25, -0.2) is 0 Å². The zero-order valence-electron chi connectivity index (χ0n) is 25.0. The number of hydrogen-bond acceptors (Lipinski definition) is 8. The number of aromatic hydroxyl groups is 1. The fourth-order valence-electron chi connectivity index (χ4n) is 7.20. The minimum absolute atomic E-state index is 0.174. The molecule has 45 heavy (non-hydrogen) atoms. The van der Waals surface area contributed by atoms with Crippen molar-refractivity contribution >= 4 is 48.9 Å². The number of rotatable bonds is 9. The summed E-state index contributed by atoms with van der Waals surface area (Å²) in [5, 5.41) is 40.4. The van der Waals surface area contributed by atoms with E-state index in [4.69, 9.17) is 9.39 Å². The SMILES string of the molecule is COCC1=C2[C@@H](CC/C(=C/c3cccc(O)c3)c3ccccc3)OB(O)C[C@@H]2[C@@H]2C(=O)N(c3cccc(B(O)O)c3)C(=O)[C@@H]2C1. The third kappa shape index (κ3) is 6.27. The van der Waals surface area contributed by atoms with Gasteiger partial charge in [0.2, 0.25) is 11.8 Å². The fourth-order valence-corrected chi connectivity index (χ4v) is 7.20. The Morgan fingerprint density at radius 1 is 1.02 bits per heavy atom. The molecule has 3 aromatic carbocycles. The lowest BCUT2D eigenvalue weighted by Crippen LogP contribution is -2.46. The molecule has 0 saturated carbocycles. The van der Waals surface area contributed by atoms with Gasteiger partial charge in [-0.3, -0.25) is 14.5 Å². The van der Waals surface area contributed by atoms with Gasteiger partial charge >= 0.3 is 14.2 Å². The average Bonchev–Trinajstić information content (AvgIpc) is 3.28. The molecule has 230 valence electrons. The van der Waals surface area contributed by atoms with E-state index in [1.807, 2.05) is 42.5 Å². The molecule has 3 aromatic rings. The number of methoxy groups -OCH3 is 1. The van der Waals surface area contributed by atoms with Crippen LogP contribution >= 0.6 is 0 Å². The number of carbonyl (C=O) groups is 2. The van der Waals surface area contributed by atoms with E-state index in [1.165, 1.54) is 12.1 Å². The maximum Gasteiger partial charge on any atom is 0.488 e. The minimum atomic E-state index is -1.74. The van der Waals surface area contributed by atoms with E-state index in [9.17, 15) is 29.8 Å². The summed E-state index contributed by atoms with van der Waals surface area (Å²) in [7, 11) is -1.27. The van der Waals surface area contributed by atoms with E-state index in [-0.39, 0.29) is 41.6 Å². The Kier molecular flexibility index (Phi) is 9.07. The third-order valence-corrected chi connectivity index (χ3v) is 9.08. The fraction of sp³-hybridized carbons (Fsp3) is 0.294. The molecule has 9 nitrogen and oxygen atoms in total. The van der Waals surface area contributed by atoms with Gasteiger partial charge in [-0.2, -0.15) is 0 Å². The van der Waals surface area contributed by atoms with Crippen molar-refractivity contribution in [3.63, 3.8) is 0 Å². The molecule has 2 fully saturated rings. The van der Waals surface area contributed by atoms with Crippen molar-refractivity contribution in [1.29, 1.82) is 0 Å². The molecule has 4 N–H and O–H groups in total. The van der Waals surface area contributed by atoms with Gasteiger partial charge in [-0.05, 0) is 89.1 Å². The highest BCUT2D eigenvalue weighted by Gasteiger charge is 2.57. The summed E-state index contributed by atoms with van der Waals surface area (Å²) in [5.41, 5.74) is 5.17. The molecule has 2 amide bonds. The molecule has 2 saturated heterocycles. The molecule has 6 rings (SSSR count). The lowest BCUT2D eigenvalue weighted by molar-refractivity contribution is -0.122. The zero-order valence-corrected chi connectivity index (χ0v) is 25.0. The maximum absolute atomic E-state index is 14.0. The van der Waals surface area contributed by atoms with Gasteiger partial charge in [0.05, 0.1) is 30.2 Å². The molecule has 0 radical (unpaired) electrons. The van der Waals surface area contributed by atoms with Gasteiger partial charge in [0, 0.05) is 7.11 Å². The summed E-state index contributed by atoms with van der Waals surface area (Å²) < 4.78 is 11.7. The molecule has 2 heterocycles. The van der Waals surface area contributed by atoms with Crippen LogP contribution in [0.2, 0.25) is 6.32 Å². The number of carbonyl (C=O) groups excluding carboxylic acids is 2. The smallest absolute Gasteiger partial charge is 0.488 e. The third-order valence-electron chi connectivity index (χ3n) is 9.08. The molecule has 0 spiro atoms. The molecule has 3 aliphatic rings. The standard InChI is InChI=1S/C34H35B2NO8/c1-44-20-24-17-28-32(34(40)37(33(28)39)26-11-6-10-25(18-26)36(42)43)29-19-35(41)45-30(31(24)29)14-13-23(22-8-3-2-4-9-22)15-21-7-5-12-27(38)16-21/h2-12,15-16,18,28-30,32,38,41-43H,13-14,17,19-20H2,1H3/b23-15-/t28-,29+,30-,32-/m1/s1. The first-order valence-electron chi connectivity index (χ1n) is 15.2. The highest BCUT2D eigenvalue weighted by Crippen LogP contribution is 2.51. The number of hydrogen-bond donors (Lipinski definition) is 4. The van der Waals surface area contributed by atoms with E-state index in [0.717, 1.165) is 32.7 Å². The zero-order chi connectivity index (χ0) is 31.7. The molecule has 11 heteroatoms. The lowest BCUT2D eigenvalue weighted by Gasteiger charge is -2.43. The van der Waals surface area contributed by atoms with E-state index < -0.39 is 38.1 Å². The van der Waals surface area contributed by atoms with Crippen LogP contribution in [-0.4, -0.2) is 66.1 Å². The van der Waals surface area contributed by atoms with Gasteiger partial charge in [0.15, 0.2) is 0 Å². The second-order valence-corrected chi connectivity index (χ2v) is 11.9. The normalized spacial score (nSPS) is 23.3. The van der Waals surface area contributed by atoms with Crippen LogP contribution in [0.5, 0.6) is 5.75 Å². The monoisotopic (exact) mass is 607 g/mol. The van der Waals surface area contributed by atoms with Crippen molar-refractivity contribution in [3.8, 4) is 5.75 Å². The van der Waals surface area contributed by atoms with Gasteiger partial charge in [0.25, 0.3) is 0 Å². The van der Waals surface area contributed by atoms with Crippen LogP contribution in [0.15, 0.2) is 90.0 Å². The summed E-state index contributed by atoms with van der Waals surface area (Å²) in [6.45, 7) is 0.267. The van der Waals surface area contributed by atoms with Crippen LogP contribution in [0, 0.1) is 17.8 Å². The van der Waals surface area contributed by atoms with E-state index in [0.29, 0.717) is 19.3 Å². The number of ether oxygens (including phenoxy) is 1. The number of fused-ring (bicyclic) bond motifs is 3. The average molecular weight is 607 g/mol. The second-order valence-electron chi connectivity index (χ2n) is 11.9. The quantitative estimate of drug-likeness (QED) is 0.126. The molecule has 4 atom stereocenters. The first-order chi connectivity index (χ1) is 21.7. The van der Waals surface area contributed by atoms with Gasteiger partial charge < -0.3 is 29.6 Å². The highest BCUT2D eigenvalue weighted by atomic mass is 16.5. The molecule has 0 unspecified atom stereocenters. The van der Waals surface area contributed by atoms with Crippen molar-refractivity contribution < 1.29 is 39.2 Å². The highest BCUT2D eigenvalue weighted by molar-refractivity contribution is 6.58. The maximum atomic E-state index is 14.0. The van der Waals surface area contributed by atoms with Gasteiger partial charge in [-0.1, -0.05) is 60.7 Å². The number of phenolic OH excluding ortho intramolecular Hbond substituents is 1. The Morgan fingerprint density at radius 3 is 2.53 bits per heavy atom. The molecule has 0 aromatic heterocycles. The molecular weight excluding hydrogens is 572 g/mol. The summed E-state index contributed by atoms with van der Waals surface area (Å²) in [4.78, 5) is 29.0. The summed E-state index contributed by atoms with van der Waals surface area (Å²) >= 11 is 0. The number of anilines is 1. The Bertz CT molecular complexity index is 1640. The summed E-state index contributed by atoms with van der Waals surface area (Å²) in [6, 6.07) is 23.1. The van der Waals surface area contributed by atoms with Crippen molar-refractivity contribution in [1.82, 2.24) is 0 Å². The number of allylic oxidation sites excluding steroid dienone is 1. The first kappa shape index (κ1) is 31.0. The van der Waals surface area contributed by atoms with Crippen LogP contribution in [0.25, 0.3) is 11.6 Å². The van der Waals surface area contributed by atoms with Crippen LogP contribution in [0.4, 0.5) is 5.69 Å². The molecule has 0 bridgehead atoms. The minimum Gasteiger partial charge on any atom is -0.508 e. The Balaban J connectivity index is 1.33. The van der Waals surface area contributed by atoms with Gasteiger partial charge in [0.1, 0.15) is 5.75 Å². The Morgan fingerprint density at radius 2 is 1.80 bits per heavy atom. The number of benzene rings is 3. The number of phenols is 1. The Labute approximate surface area is 262 Å². The lowest BCUT2D eigenvalue weighted by atomic mass is 9.58. The molecule has 2 aliphatic heterocycles. The number of imide groups is 1. The van der Waals surface area contributed by atoms with Crippen LogP contribution in [0.1, 0.15) is 30.4 Å². The van der Waals surface area contributed by atoms with Crippen LogP contribution < -0.4 is 10.4 Å². The molecule has 1 aliphatic carbocycles. The predicted molar refractivity (Wildman–Crippen MR) is 172 cm³/mol. The summed E-state index contributed by atoms with van der Waals surface area (Å²) in [6.07, 6.45) is 3.11. The topological polar surface area (TPSA) is 137 Å². The van der Waals surface area contributed by atoms with Crippen molar-refractivity contribution in [2.45, 2.75) is 31.7 Å². The second kappa shape index (κ2) is 13.2.